The van der Waals surface area contributed by atoms with Crippen LogP contribution in [0.4, 0.5) is 0 Å². The molecule has 0 aliphatic rings. The summed E-state index contributed by atoms with van der Waals surface area (Å²) in [6, 6.07) is 0. The first-order chi connectivity index (χ1) is 4.22. The van der Waals surface area contributed by atoms with E-state index in [1.54, 1.807) is 6.92 Å². The molecule has 0 aromatic carbocycles. The van der Waals surface area contributed by atoms with Crippen LogP contribution in [0.2, 0.25) is 0 Å². The third kappa shape index (κ3) is 3.31. The Morgan fingerprint density at radius 1 is 1.67 bits per heavy atom. The van der Waals surface area contributed by atoms with Crippen LogP contribution in [0.3, 0.4) is 0 Å². The molecule has 0 rings (SSSR count). The maximum atomic E-state index is 10.2. The van der Waals surface area contributed by atoms with Crippen LogP contribution < -0.4 is 0 Å². The molecule has 0 spiro atoms. The van der Waals surface area contributed by atoms with Crippen molar-refractivity contribution in [3.63, 3.8) is 0 Å². The van der Waals surface area contributed by atoms with E-state index in [1.807, 2.05) is 6.92 Å². The summed E-state index contributed by atoms with van der Waals surface area (Å²) in [6.07, 6.45) is 2.59. The van der Waals surface area contributed by atoms with Crippen molar-refractivity contribution in [1.29, 1.82) is 0 Å². The second-order valence-corrected chi connectivity index (χ2v) is 2.49. The van der Waals surface area contributed by atoms with Crippen molar-refractivity contribution in [3.8, 4) is 0 Å². The molecule has 0 aliphatic heterocycles. The number of carbonyl (C=O) groups excluding carboxylic acids is 1. The molecular weight excluding hydrogens is 136 g/mol. The van der Waals surface area contributed by atoms with Gasteiger partial charge in [-0.2, -0.15) is 0 Å². The molecule has 0 heterocycles. The summed E-state index contributed by atoms with van der Waals surface area (Å²) in [7, 11) is 0. The third-order valence-electron chi connectivity index (χ3n) is 1.10. The van der Waals surface area contributed by atoms with Crippen LogP contribution in [0.15, 0.2) is 10.6 Å². The molecule has 0 aliphatic carbocycles. The van der Waals surface area contributed by atoms with Gasteiger partial charge in [-0.3, -0.25) is 4.79 Å². The normalized spacial score (nSPS) is 12.8. The van der Waals surface area contributed by atoms with Crippen LogP contribution in [0.1, 0.15) is 26.7 Å². The summed E-state index contributed by atoms with van der Waals surface area (Å²) in [5.41, 5.74) is 0.721. The van der Waals surface area contributed by atoms with Gasteiger partial charge in [-0.05, 0) is 13.3 Å². The first kappa shape index (κ1) is 8.70. The summed E-state index contributed by atoms with van der Waals surface area (Å²) in [5.74, 6) is 0. The maximum absolute atomic E-state index is 10.2. The lowest BCUT2D eigenvalue weighted by Gasteiger charge is -1.94. The molecule has 1 nitrogen and oxygen atoms in total. The van der Waals surface area contributed by atoms with Gasteiger partial charge in [0, 0.05) is 10.6 Å². The van der Waals surface area contributed by atoms with E-state index in [1.165, 1.54) is 0 Å². The third-order valence-corrected chi connectivity index (χ3v) is 1.35. The highest BCUT2D eigenvalue weighted by Crippen LogP contribution is 2.10. The van der Waals surface area contributed by atoms with Crippen LogP contribution in [-0.2, 0) is 4.79 Å². The zero-order chi connectivity index (χ0) is 7.28. The molecule has 0 radical (unpaired) electrons. The Bertz CT molecular complexity index is 123. The molecular formula is C7H11ClO. The van der Waals surface area contributed by atoms with E-state index in [-0.39, 0.29) is 0 Å². The quantitative estimate of drug-likeness (QED) is 0.442. The lowest BCUT2D eigenvalue weighted by Crippen LogP contribution is -1.84. The van der Waals surface area contributed by atoms with Gasteiger partial charge in [0.25, 0.3) is 0 Å². The summed E-state index contributed by atoms with van der Waals surface area (Å²) in [5, 5.41) is 0.617. The van der Waals surface area contributed by atoms with Gasteiger partial charge in [-0.1, -0.05) is 24.9 Å². The highest BCUT2D eigenvalue weighted by molar-refractivity contribution is 6.30. The topological polar surface area (TPSA) is 17.1 Å². The van der Waals surface area contributed by atoms with E-state index in [9.17, 15) is 4.79 Å². The zero-order valence-corrected chi connectivity index (χ0v) is 6.53. The number of hydrogen-bond donors (Lipinski definition) is 0. The fourth-order valence-corrected chi connectivity index (χ4v) is 0.721. The Hall–Kier alpha value is -0.300. The number of allylic oxidation sites excluding steroid dienone is 2. The Labute approximate surface area is 60.7 Å². The van der Waals surface area contributed by atoms with Gasteiger partial charge < -0.3 is 0 Å². The second kappa shape index (κ2) is 4.57. The maximum Gasteiger partial charge on any atom is 0.147 e. The lowest BCUT2D eigenvalue weighted by atomic mass is 10.2. The predicted molar refractivity (Wildman–Crippen MR) is 39.5 cm³/mol. The summed E-state index contributed by atoms with van der Waals surface area (Å²) < 4.78 is 0. The van der Waals surface area contributed by atoms with E-state index in [0.717, 1.165) is 24.7 Å². The van der Waals surface area contributed by atoms with E-state index in [0.29, 0.717) is 5.03 Å². The molecule has 0 atom stereocenters. The Kier molecular flexibility index (Phi) is 4.41. The molecule has 52 valence electrons. The van der Waals surface area contributed by atoms with Gasteiger partial charge in [0.05, 0.1) is 0 Å². The molecule has 0 saturated heterocycles. The van der Waals surface area contributed by atoms with Crippen molar-refractivity contribution in [3.05, 3.63) is 10.6 Å². The van der Waals surface area contributed by atoms with E-state index in [4.69, 9.17) is 11.6 Å². The number of hydrogen-bond acceptors (Lipinski definition) is 1. The van der Waals surface area contributed by atoms with Crippen molar-refractivity contribution < 1.29 is 4.79 Å². The van der Waals surface area contributed by atoms with Crippen molar-refractivity contribution in [2.45, 2.75) is 26.7 Å². The highest BCUT2D eigenvalue weighted by atomic mass is 35.5. The fourth-order valence-electron chi connectivity index (χ4n) is 0.582. The minimum atomic E-state index is 0.617. The van der Waals surface area contributed by atoms with Crippen molar-refractivity contribution in [2.75, 3.05) is 0 Å². The molecule has 0 N–H and O–H groups in total. The van der Waals surface area contributed by atoms with Gasteiger partial charge in [-0.15, -0.1) is 0 Å². The number of aldehydes is 1. The molecule has 0 aromatic heterocycles. The molecule has 2 heteroatoms. The van der Waals surface area contributed by atoms with Gasteiger partial charge in [-0.25, -0.2) is 0 Å². The number of rotatable bonds is 3. The van der Waals surface area contributed by atoms with Crippen molar-refractivity contribution in [2.24, 2.45) is 0 Å². The van der Waals surface area contributed by atoms with E-state index in [2.05, 4.69) is 0 Å². The predicted octanol–water partition coefficient (Wildman–Crippen LogP) is 2.50. The molecule has 0 unspecified atom stereocenters. The molecule has 0 bridgehead atoms. The minimum Gasteiger partial charge on any atom is -0.298 e. The molecule has 0 aromatic rings. The van der Waals surface area contributed by atoms with Crippen LogP contribution in [0.5, 0.6) is 0 Å². The molecule has 9 heavy (non-hydrogen) atoms. The molecule has 0 fully saturated rings. The van der Waals surface area contributed by atoms with E-state index >= 15 is 0 Å². The second-order valence-electron chi connectivity index (χ2n) is 1.93. The molecule has 0 saturated carbocycles. The van der Waals surface area contributed by atoms with Gasteiger partial charge in [0.2, 0.25) is 0 Å². The first-order valence-corrected chi connectivity index (χ1v) is 3.40. The first-order valence-electron chi connectivity index (χ1n) is 3.02. The Morgan fingerprint density at radius 2 is 2.22 bits per heavy atom. The van der Waals surface area contributed by atoms with Crippen molar-refractivity contribution in [1.82, 2.24) is 0 Å². The van der Waals surface area contributed by atoms with Gasteiger partial charge in [0.1, 0.15) is 6.29 Å². The fraction of sp³-hybridized carbons (Fsp3) is 0.571. The Balaban J connectivity index is 3.98. The van der Waals surface area contributed by atoms with E-state index < -0.39 is 0 Å². The standard InChI is InChI=1S/C7H11ClO/c1-3-4-7(5-9)6(2)8/h5H,3-4H2,1-2H3. The number of halogens is 1. The van der Waals surface area contributed by atoms with Gasteiger partial charge >= 0.3 is 0 Å². The SMILES string of the molecule is CCCC(C=O)=C(C)Cl. The smallest absolute Gasteiger partial charge is 0.147 e. The molecule has 0 amide bonds. The van der Waals surface area contributed by atoms with Crippen LogP contribution in [0, 0.1) is 0 Å². The Morgan fingerprint density at radius 3 is 2.33 bits per heavy atom. The van der Waals surface area contributed by atoms with Crippen LogP contribution >= 0.6 is 11.6 Å². The summed E-state index contributed by atoms with van der Waals surface area (Å²) in [4.78, 5) is 10.2. The largest absolute Gasteiger partial charge is 0.298 e. The monoisotopic (exact) mass is 146 g/mol. The average molecular weight is 147 g/mol. The summed E-state index contributed by atoms with van der Waals surface area (Å²) in [6.45, 7) is 3.75. The number of carbonyl (C=O) groups is 1. The van der Waals surface area contributed by atoms with Gasteiger partial charge in [0.15, 0.2) is 0 Å². The minimum absolute atomic E-state index is 0.617. The van der Waals surface area contributed by atoms with Crippen LogP contribution in [-0.4, -0.2) is 6.29 Å². The summed E-state index contributed by atoms with van der Waals surface area (Å²) >= 11 is 5.57. The van der Waals surface area contributed by atoms with Crippen molar-refractivity contribution >= 4 is 17.9 Å². The lowest BCUT2D eigenvalue weighted by molar-refractivity contribution is -0.105. The van der Waals surface area contributed by atoms with Crippen LogP contribution in [0.25, 0.3) is 0 Å². The zero-order valence-electron chi connectivity index (χ0n) is 5.78. The average Bonchev–Trinajstić information content (AvgIpc) is 1.82. The highest BCUT2D eigenvalue weighted by Gasteiger charge is 1.95.